The molecule has 0 saturated heterocycles. The van der Waals surface area contributed by atoms with Gasteiger partial charge in [-0.05, 0) is 26.7 Å². The van der Waals surface area contributed by atoms with Gasteiger partial charge >= 0.3 is 5.97 Å². The molecule has 0 aliphatic carbocycles. The van der Waals surface area contributed by atoms with Gasteiger partial charge in [-0.25, -0.2) is 0 Å². The Morgan fingerprint density at radius 2 is 2.00 bits per heavy atom. The van der Waals surface area contributed by atoms with Crippen LogP contribution in [0.2, 0.25) is 0 Å². The molecule has 1 unspecified atom stereocenters. The number of ether oxygens (including phenoxy) is 1. The van der Waals surface area contributed by atoms with Crippen molar-refractivity contribution in [1.82, 2.24) is 0 Å². The predicted octanol–water partition coefficient (Wildman–Crippen LogP) is 2.79. The average molecular weight is 227 g/mol. The molecule has 0 spiro atoms. The Morgan fingerprint density at radius 3 is 2.56 bits per heavy atom. The normalized spacial score (nSPS) is 13.3. The van der Waals surface area contributed by atoms with Gasteiger partial charge in [-0.15, -0.1) is 0 Å². The Kier molecular flexibility index (Phi) is 8.91. The number of allylic oxidation sites excluding steroid dienone is 1. The summed E-state index contributed by atoms with van der Waals surface area (Å²) in [6.45, 7) is 5.83. The van der Waals surface area contributed by atoms with Crippen molar-refractivity contribution in [2.45, 2.75) is 65.0 Å². The number of hydrogen-bond acceptors (Lipinski definition) is 3. The molecule has 3 nitrogen and oxygen atoms in total. The molecule has 0 aliphatic rings. The fourth-order valence-corrected chi connectivity index (χ4v) is 1.32. The summed E-state index contributed by atoms with van der Waals surface area (Å²) in [6, 6.07) is -0.617. The summed E-state index contributed by atoms with van der Waals surface area (Å²) < 4.78 is 4.99. The molecule has 0 aromatic rings. The van der Waals surface area contributed by atoms with E-state index < -0.39 is 6.04 Å². The fraction of sp³-hybridized carbons (Fsp3) is 0.769. The molecule has 3 heteroatoms. The fourth-order valence-electron chi connectivity index (χ4n) is 1.32. The van der Waals surface area contributed by atoms with Gasteiger partial charge in [0.15, 0.2) is 0 Å². The second kappa shape index (κ2) is 9.40. The molecule has 0 bridgehead atoms. The summed E-state index contributed by atoms with van der Waals surface area (Å²) in [7, 11) is 0. The zero-order valence-corrected chi connectivity index (χ0v) is 10.7. The van der Waals surface area contributed by atoms with Crippen LogP contribution in [0.5, 0.6) is 0 Å². The molecule has 0 aromatic heterocycles. The van der Waals surface area contributed by atoms with E-state index in [0.29, 0.717) is 0 Å². The van der Waals surface area contributed by atoms with Gasteiger partial charge in [0.05, 0.1) is 6.10 Å². The Bertz CT molecular complexity index is 212. The number of rotatable bonds is 8. The molecular formula is C13H25NO2. The summed E-state index contributed by atoms with van der Waals surface area (Å²) in [5.41, 5.74) is 5.65. The van der Waals surface area contributed by atoms with Gasteiger partial charge in [0.2, 0.25) is 0 Å². The van der Waals surface area contributed by atoms with Crippen LogP contribution >= 0.6 is 0 Å². The second-order valence-electron chi connectivity index (χ2n) is 4.29. The molecule has 0 amide bonds. The van der Waals surface area contributed by atoms with E-state index in [2.05, 4.69) is 6.92 Å². The van der Waals surface area contributed by atoms with Crippen molar-refractivity contribution in [1.29, 1.82) is 0 Å². The number of nitrogens with two attached hydrogens (primary N) is 1. The monoisotopic (exact) mass is 227 g/mol. The van der Waals surface area contributed by atoms with Crippen molar-refractivity contribution in [3.8, 4) is 0 Å². The van der Waals surface area contributed by atoms with Crippen molar-refractivity contribution in [3.05, 3.63) is 12.2 Å². The van der Waals surface area contributed by atoms with Crippen LogP contribution in [0.4, 0.5) is 0 Å². The van der Waals surface area contributed by atoms with E-state index in [9.17, 15) is 4.79 Å². The van der Waals surface area contributed by atoms with Crippen LogP contribution in [-0.2, 0) is 9.53 Å². The highest BCUT2D eigenvalue weighted by Gasteiger charge is 2.12. The van der Waals surface area contributed by atoms with E-state index in [1.165, 1.54) is 19.3 Å². The van der Waals surface area contributed by atoms with Crippen LogP contribution in [0.3, 0.4) is 0 Å². The number of unbranched alkanes of at least 4 members (excludes halogenated alkanes) is 4. The van der Waals surface area contributed by atoms with Crippen LogP contribution < -0.4 is 5.73 Å². The van der Waals surface area contributed by atoms with Crippen LogP contribution in [-0.4, -0.2) is 18.1 Å². The Morgan fingerprint density at radius 1 is 1.31 bits per heavy atom. The number of hydrogen-bond donors (Lipinski definition) is 1. The maximum absolute atomic E-state index is 11.3. The molecule has 94 valence electrons. The van der Waals surface area contributed by atoms with Crippen molar-refractivity contribution in [2.75, 3.05) is 0 Å². The maximum Gasteiger partial charge on any atom is 0.327 e. The standard InChI is InChI=1S/C13H25NO2/c1-4-5-6-7-8-9-10-12(14)13(15)16-11(2)3/h9-12H,4-8,14H2,1-3H3/b10-9-. The van der Waals surface area contributed by atoms with Gasteiger partial charge in [-0.1, -0.05) is 38.3 Å². The highest BCUT2D eigenvalue weighted by atomic mass is 16.5. The minimum Gasteiger partial charge on any atom is -0.462 e. The van der Waals surface area contributed by atoms with Gasteiger partial charge < -0.3 is 10.5 Å². The number of carbonyl (C=O) groups excluding carboxylic acids is 1. The Balaban J connectivity index is 3.64. The summed E-state index contributed by atoms with van der Waals surface area (Å²) in [6.07, 6.45) is 9.51. The lowest BCUT2D eigenvalue weighted by Crippen LogP contribution is -2.31. The zero-order valence-electron chi connectivity index (χ0n) is 10.7. The third-order valence-electron chi connectivity index (χ3n) is 2.19. The number of esters is 1. The van der Waals surface area contributed by atoms with Crippen LogP contribution in [0.1, 0.15) is 52.9 Å². The molecular weight excluding hydrogens is 202 g/mol. The van der Waals surface area contributed by atoms with Crippen LogP contribution in [0, 0.1) is 0 Å². The highest BCUT2D eigenvalue weighted by Crippen LogP contribution is 2.03. The second-order valence-corrected chi connectivity index (χ2v) is 4.29. The first-order valence-electron chi connectivity index (χ1n) is 6.20. The number of carbonyl (C=O) groups is 1. The third-order valence-corrected chi connectivity index (χ3v) is 2.19. The van der Waals surface area contributed by atoms with Crippen molar-refractivity contribution in [3.63, 3.8) is 0 Å². The molecule has 0 heterocycles. The average Bonchev–Trinajstić information content (AvgIpc) is 2.21. The van der Waals surface area contributed by atoms with E-state index in [-0.39, 0.29) is 12.1 Å². The summed E-state index contributed by atoms with van der Waals surface area (Å²) >= 11 is 0. The molecule has 2 N–H and O–H groups in total. The van der Waals surface area contributed by atoms with Crippen molar-refractivity contribution >= 4 is 5.97 Å². The lowest BCUT2D eigenvalue weighted by atomic mass is 10.1. The van der Waals surface area contributed by atoms with E-state index >= 15 is 0 Å². The zero-order chi connectivity index (χ0) is 12.4. The Hall–Kier alpha value is -0.830. The van der Waals surface area contributed by atoms with Gasteiger partial charge in [-0.2, -0.15) is 0 Å². The van der Waals surface area contributed by atoms with E-state index in [4.69, 9.17) is 10.5 Å². The molecule has 0 radical (unpaired) electrons. The van der Waals surface area contributed by atoms with Crippen LogP contribution in [0.15, 0.2) is 12.2 Å². The van der Waals surface area contributed by atoms with Gasteiger partial charge in [0, 0.05) is 0 Å². The predicted molar refractivity (Wildman–Crippen MR) is 67.1 cm³/mol. The van der Waals surface area contributed by atoms with Crippen LogP contribution in [0.25, 0.3) is 0 Å². The molecule has 16 heavy (non-hydrogen) atoms. The first-order valence-corrected chi connectivity index (χ1v) is 6.20. The molecule has 0 rings (SSSR count). The summed E-state index contributed by atoms with van der Waals surface area (Å²) in [5, 5.41) is 0. The van der Waals surface area contributed by atoms with E-state index in [1.54, 1.807) is 6.08 Å². The first-order chi connectivity index (χ1) is 7.57. The third kappa shape index (κ3) is 8.48. The van der Waals surface area contributed by atoms with Gasteiger partial charge in [0.25, 0.3) is 0 Å². The highest BCUT2D eigenvalue weighted by molar-refractivity contribution is 5.77. The van der Waals surface area contributed by atoms with Gasteiger partial charge in [-0.3, -0.25) is 4.79 Å². The van der Waals surface area contributed by atoms with E-state index in [0.717, 1.165) is 12.8 Å². The topological polar surface area (TPSA) is 52.3 Å². The minimum absolute atomic E-state index is 0.100. The Labute approximate surface area is 99.0 Å². The summed E-state index contributed by atoms with van der Waals surface area (Å²) in [4.78, 5) is 11.3. The van der Waals surface area contributed by atoms with E-state index in [1.807, 2.05) is 19.9 Å². The molecule has 1 atom stereocenters. The SMILES string of the molecule is CCCCCC/C=C\C(N)C(=O)OC(C)C. The first kappa shape index (κ1) is 15.2. The molecule has 0 fully saturated rings. The quantitative estimate of drug-likeness (QED) is 0.394. The molecule has 0 aliphatic heterocycles. The minimum atomic E-state index is -0.617. The molecule has 0 saturated carbocycles. The van der Waals surface area contributed by atoms with Crippen molar-refractivity contribution < 1.29 is 9.53 Å². The van der Waals surface area contributed by atoms with Gasteiger partial charge in [0.1, 0.15) is 6.04 Å². The largest absolute Gasteiger partial charge is 0.462 e. The summed E-state index contributed by atoms with van der Waals surface area (Å²) in [5.74, 6) is -0.347. The maximum atomic E-state index is 11.3. The lowest BCUT2D eigenvalue weighted by molar-refractivity contribution is -0.147. The van der Waals surface area contributed by atoms with Crippen molar-refractivity contribution in [2.24, 2.45) is 5.73 Å². The lowest BCUT2D eigenvalue weighted by Gasteiger charge is -2.10. The molecule has 0 aromatic carbocycles. The smallest absolute Gasteiger partial charge is 0.327 e.